The lowest BCUT2D eigenvalue weighted by molar-refractivity contribution is -0.142. The first kappa shape index (κ1) is 15.1. The van der Waals surface area contributed by atoms with Crippen molar-refractivity contribution in [1.82, 2.24) is 9.80 Å². The molecule has 0 radical (unpaired) electrons. The van der Waals surface area contributed by atoms with Crippen LogP contribution >= 0.6 is 22.9 Å². The summed E-state index contributed by atoms with van der Waals surface area (Å²) >= 11 is 7.30. The molecule has 1 N–H and O–H groups in total. The second-order valence-electron chi connectivity index (χ2n) is 5.17. The van der Waals surface area contributed by atoms with Gasteiger partial charge in [0.2, 0.25) is 0 Å². The van der Waals surface area contributed by atoms with Crippen LogP contribution < -0.4 is 0 Å². The molecule has 1 aromatic rings. The minimum atomic E-state index is -0.833. The van der Waals surface area contributed by atoms with Gasteiger partial charge in [0, 0.05) is 25.0 Å². The molecule has 1 aromatic heterocycles. The van der Waals surface area contributed by atoms with Gasteiger partial charge in [-0.25, -0.2) is 4.79 Å². The number of hydrogen-bond acceptors (Lipinski definition) is 3. The third-order valence-electron chi connectivity index (χ3n) is 3.55. The Morgan fingerprint density at radius 3 is 2.70 bits per heavy atom. The Morgan fingerprint density at radius 2 is 2.20 bits per heavy atom. The summed E-state index contributed by atoms with van der Waals surface area (Å²) < 4.78 is 0.696. The Labute approximate surface area is 126 Å². The molecule has 2 heterocycles. The van der Waals surface area contributed by atoms with E-state index in [-0.39, 0.29) is 18.5 Å². The Bertz CT molecular complexity index is 519. The molecule has 0 bridgehead atoms. The number of carboxylic acids is 1. The summed E-state index contributed by atoms with van der Waals surface area (Å²) in [5.41, 5.74) is 0. The zero-order chi connectivity index (χ0) is 14.9. The van der Waals surface area contributed by atoms with E-state index in [9.17, 15) is 9.59 Å². The molecule has 7 heteroatoms. The molecule has 110 valence electrons. The summed E-state index contributed by atoms with van der Waals surface area (Å²) in [4.78, 5) is 27.6. The van der Waals surface area contributed by atoms with E-state index in [2.05, 4.69) is 0 Å². The van der Waals surface area contributed by atoms with Gasteiger partial charge >= 0.3 is 12.0 Å². The highest BCUT2D eigenvalue weighted by molar-refractivity contribution is 7.16. The number of hydrogen-bond donors (Lipinski definition) is 1. The maximum atomic E-state index is 12.3. The van der Waals surface area contributed by atoms with E-state index in [4.69, 9.17) is 16.7 Å². The normalized spacial score (nSPS) is 22.1. The van der Waals surface area contributed by atoms with Gasteiger partial charge in [0.15, 0.2) is 0 Å². The number of amides is 2. The summed E-state index contributed by atoms with van der Waals surface area (Å²) in [7, 11) is 1.72. The van der Waals surface area contributed by atoms with Crippen LogP contribution in [0.5, 0.6) is 0 Å². The maximum Gasteiger partial charge on any atom is 0.320 e. The fraction of sp³-hybridized carbons (Fsp3) is 0.538. The number of thiophene rings is 1. The van der Waals surface area contributed by atoms with Crippen molar-refractivity contribution in [3.05, 3.63) is 21.3 Å². The lowest BCUT2D eigenvalue weighted by Gasteiger charge is -2.24. The topological polar surface area (TPSA) is 60.9 Å². The smallest absolute Gasteiger partial charge is 0.320 e. The summed E-state index contributed by atoms with van der Waals surface area (Å²) in [6.45, 7) is 3.13. The molecule has 1 aliphatic rings. The monoisotopic (exact) mass is 316 g/mol. The van der Waals surface area contributed by atoms with Gasteiger partial charge in [-0.1, -0.05) is 18.5 Å². The minimum Gasteiger partial charge on any atom is -0.481 e. The molecule has 1 fully saturated rings. The van der Waals surface area contributed by atoms with E-state index < -0.39 is 11.9 Å². The molecular weight excluding hydrogens is 300 g/mol. The van der Waals surface area contributed by atoms with Crippen LogP contribution in [0.4, 0.5) is 4.79 Å². The Morgan fingerprint density at radius 1 is 1.50 bits per heavy atom. The van der Waals surface area contributed by atoms with Crippen LogP contribution in [-0.2, 0) is 11.3 Å². The predicted molar refractivity (Wildman–Crippen MR) is 78.1 cm³/mol. The van der Waals surface area contributed by atoms with Crippen molar-refractivity contribution in [2.24, 2.45) is 11.8 Å². The van der Waals surface area contributed by atoms with Crippen LogP contribution in [0.25, 0.3) is 0 Å². The van der Waals surface area contributed by atoms with Crippen LogP contribution in [0, 0.1) is 11.8 Å². The van der Waals surface area contributed by atoms with Crippen molar-refractivity contribution in [3.63, 3.8) is 0 Å². The molecule has 0 aliphatic carbocycles. The lowest BCUT2D eigenvalue weighted by Crippen LogP contribution is -2.39. The Kier molecular flexibility index (Phi) is 4.55. The third-order valence-corrected chi connectivity index (χ3v) is 4.76. The summed E-state index contributed by atoms with van der Waals surface area (Å²) in [6.07, 6.45) is 0. The predicted octanol–water partition coefficient (Wildman–Crippen LogP) is 2.61. The lowest BCUT2D eigenvalue weighted by atomic mass is 9.99. The quantitative estimate of drug-likeness (QED) is 0.932. The molecule has 20 heavy (non-hydrogen) atoms. The molecule has 0 aromatic carbocycles. The number of halogens is 1. The Balaban J connectivity index is 1.96. The van der Waals surface area contributed by atoms with E-state index in [1.807, 2.05) is 13.0 Å². The number of carbonyl (C=O) groups is 2. The van der Waals surface area contributed by atoms with Gasteiger partial charge in [0.05, 0.1) is 16.8 Å². The largest absolute Gasteiger partial charge is 0.481 e. The zero-order valence-corrected chi connectivity index (χ0v) is 12.9. The number of aliphatic carboxylic acids is 1. The minimum absolute atomic E-state index is 0.0129. The van der Waals surface area contributed by atoms with Crippen LogP contribution in [0.2, 0.25) is 4.34 Å². The number of carboxylic acid groups (broad SMARTS) is 1. The average molecular weight is 317 g/mol. The van der Waals surface area contributed by atoms with Gasteiger partial charge in [-0.3, -0.25) is 4.79 Å². The molecule has 2 rings (SSSR count). The number of carbonyl (C=O) groups excluding carboxylic acids is 1. The molecular formula is C13H17ClN2O3S. The van der Waals surface area contributed by atoms with E-state index in [0.29, 0.717) is 17.4 Å². The highest BCUT2D eigenvalue weighted by atomic mass is 35.5. The van der Waals surface area contributed by atoms with E-state index in [0.717, 1.165) is 4.88 Å². The first-order chi connectivity index (χ1) is 9.38. The molecule has 0 saturated carbocycles. The van der Waals surface area contributed by atoms with Crippen LogP contribution in [0.1, 0.15) is 11.8 Å². The van der Waals surface area contributed by atoms with Crippen molar-refractivity contribution in [1.29, 1.82) is 0 Å². The summed E-state index contributed by atoms with van der Waals surface area (Å²) in [5.74, 6) is -1.31. The average Bonchev–Trinajstić information content (AvgIpc) is 2.94. The van der Waals surface area contributed by atoms with Gasteiger partial charge in [-0.15, -0.1) is 11.3 Å². The summed E-state index contributed by atoms with van der Waals surface area (Å²) in [6, 6.07) is 3.56. The molecule has 5 nitrogen and oxygen atoms in total. The first-order valence-corrected chi connectivity index (χ1v) is 7.55. The zero-order valence-electron chi connectivity index (χ0n) is 11.4. The second kappa shape index (κ2) is 6.01. The van der Waals surface area contributed by atoms with Crippen molar-refractivity contribution < 1.29 is 14.7 Å². The highest BCUT2D eigenvalue weighted by Gasteiger charge is 2.37. The van der Waals surface area contributed by atoms with Gasteiger partial charge in [-0.2, -0.15) is 0 Å². The van der Waals surface area contributed by atoms with Crippen molar-refractivity contribution >= 4 is 34.9 Å². The number of likely N-dealkylation sites (tertiary alicyclic amines) is 1. The Hall–Kier alpha value is -1.27. The summed E-state index contributed by atoms with van der Waals surface area (Å²) in [5, 5.41) is 9.10. The van der Waals surface area contributed by atoms with Crippen molar-refractivity contribution in [2.45, 2.75) is 13.5 Å². The fourth-order valence-electron chi connectivity index (χ4n) is 2.42. The standard InChI is InChI=1S/C13H17ClN2O3S/c1-8-5-16(7-10(8)12(17)18)13(19)15(2)6-9-3-4-11(14)20-9/h3-4,8,10H,5-7H2,1-2H3,(H,17,18)/t8-,10-/m1/s1. The number of rotatable bonds is 3. The second-order valence-corrected chi connectivity index (χ2v) is 6.97. The molecule has 2 atom stereocenters. The van der Waals surface area contributed by atoms with Crippen LogP contribution in [0.3, 0.4) is 0 Å². The fourth-order valence-corrected chi connectivity index (χ4v) is 3.57. The maximum absolute atomic E-state index is 12.3. The van der Waals surface area contributed by atoms with E-state index >= 15 is 0 Å². The molecule has 0 unspecified atom stereocenters. The van der Waals surface area contributed by atoms with Crippen LogP contribution in [0.15, 0.2) is 12.1 Å². The van der Waals surface area contributed by atoms with Gasteiger partial charge in [-0.05, 0) is 18.1 Å². The van der Waals surface area contributed by atoms with Crippen molar-refractivity contribution in [2.75, 3.05) is 20.1 Å². The molecule has 2 amide bonds. The molecule has 1 saturated heterocycles. The SMILES string of the molecule is C[C@@H]1CN(C(=O)N(C)Cc2ccc(Cl)s2)C[C@H]1C(=O)O. The van der Waals surface area contributed by atoms with E-state index in [1.54, 1.807) is 22.9 Å². The first-order valence-electron chi connectivity index (χ1n) is 6.35. The van der Waals surface area contributed by atoms with Gasteiger partial charge in [0.1, 0.15) is 0 Å². The van der Waals surface area contributed by atoms with Crippen molar-refractivity contribution in [3.8, 4) is 0 Å². The highest BCUT2D eigenvalue weighted by Crippen LogP contribution is 2.26. The third kappa shape index (κ3) is 3.24. The van der Waals surface area contributed by atoms with Crippen LogP contribution in [-0.4, -0.2) is 47.0 Å². The van der Waals surface area contributed by atoms with Gasteiger partial charge < -0.3 is 14.9 Å². The van der Waals surface area contributed by atoms with Gasteiger partial charge in [0.25, 0.3) is 0 Å². The van der Waals surface area contributed by atoms with E-state index in [1.165, 1.54) is 11.3 Å². The number of nitrogens with zero attached hydrogens (tertiary/aromatic N) is 2. The molecule has 1 aliphatic heterocycles. The molecule has 0 spiro atoms. The number of urea groups is 1.